The molecule has 0 radical (unpaired) electrons. The fourth-order valence-electron chi connectivity index (χ4n) is 2.46. The minimum absolute atomic E-state index is 0.0587. The van der Waals surface area contributed by atoms with Gasteiger partial charge < -0.3 is 15.0 Å². The zero-order valence-electron chi connectivity index (χ0n) is 13.3. The Labute approximate surface area is 131 Å². The zero-order chi connectivity index (χ0) is 16.2. The maximum Gasteiger partial charge on any atom is 0.410 e. The van der Waals surface area contributed by atoms with E-state index in [-0.39, 0.29) is 12.1 Å². The Morgan fingerprint density at radius 1 is 1.59 bits per heavy atom. The number of nitrogens with zero attached hydrogens (tertiary/aromatic N) is 3. The molecule has 1 aromatic rings. The van der Waals surface area contributed by atoms with E-state index in [1.165, 1.54) is 0 Å². The van der Waals surface area contributed by atoms with Gasteiger partial charge in [-0.3, -0.25) is 0 Å². The van der Waals surface area contributed by atoms with Gasteiger partial charge in [0, 0.05) is 19.3 Å². The van der Waals surface area contributed by atoms with Crippen molar-refractivity contribution in [3.8, 4) is 6.07 Å². The van der Waals surface area contributed by atoms with Crippen LogP contribution in [0, 0.1) is 11.3 Å². The number of amides is 1. The number of aromatic nitrogens is 1. The van der Waals surface area contributed by atoms with E-state index < -0.39 is 5.60 Å². The molecule has 1 aliphatic rings. The maximum absolute atomic E-state index is 12.2. The van der Waals surface area contributed by atoms with Gasteiger partial charge in [-0.15, -0.1) is 0 Å². The zero-order valence-corrected chi connectivity index (χ0v) is 13.3. The Balaban J connectivity index is 1.97. The smallest absolute Gasteiger partial charge is 0.410 e. The second kappa shape index (κ2) is 6.65. The third-order valence-corrected chi connectivity index (χ3v) is 3.44. The SMILES string of the molecule is CC(C)(C)OC(=O)N1CCCC1CNc1ncccc1C#N. The number of anilines is 1. The van der Waals surface area contributed by atoms with Gasteiger partial charge in [-0.25, -0.2) is 9.78 Å². The number of nitriles is 1. The summed E-state index contributed by atoms with van der Waals surface area (Å²) in [4.78, 5) is 18.1. The summed E-state index contributed by atoms with van der Waals surface area (Å²) in [5, 5.41) is 12.2. The second-order valence-corrected chi connectivity index (χ2v) is 6.36. The van der Waals surface area contributed by atoms with Gasteiger partial charge in [0.15, 0.2) is 0 Å². The predicted octanol–water partition coefficient (Wildman–Crippen LogP) is 2.76. The summed E-state index contributed by atoms with van der Waals surface area (Å²) in [6, 6.07) is 5.61. The number of nitrogens with one attached hydrogen (secondary N) is 1. The van der Waals surface area contributed by atoms with Crippen molar-refractivity contribution in [2.24, 2.45) is 0 Å². The van der Waals surface area contributed by atoms with Gasteiger partial charge in [-0.1, -0.05) is 0 Å². The Bertz CT molecular complexity index is 574. The highest BCUT2D eigenvalue weighted by Gasteiger charge is 2.32. The first-order chi connectivity index (χ1) is 10.4. The maximum atomic E-state index is 12.2. The molecule has 1 fully saturated rings. The van der Waals surface area contributed by atoms with Crippen LogP contribution in [0.3, 0.4) is 0 Å². The standard InChI is InChI=1S/C16H22N4O2/c1-16(2,3)22-15(21)20-9-5-7-13(20)11-19-14-12(10-17)6-4-8-18-14/h4,6,8,13H,5,7,9,11H2,1-3H3,(H,18,19). The molecule has 1 aromatic heterocycles. The van der Waals surface area contributed by atoms with Gasteiger partial charge in [0.05, 0.1) is 11.6 Å². The average Bonchev–Trinajstić information content (AvgIpc) is 2.92. The Morgan fingerprint density at radius 2 is 2.36 bits per heavy atom. The van der Waals surface area contributed by atoms with Gasteiger partial charge in [0.25, 0.3) is 0 Å². The van der Waals surface area contributed by atoms with Crippen LogP contribution in [0.2, 0.25) is 0 Å². The molecule has 1 N–H and O–H groups in total. The molecule has 118 valence electrons. The van der Waals surface area contributed by atoms with Crippen LogP contribution in [0.5, 0.6) is 0 Å². The van der Waals surface area contributed by atoms with E-state index in [4.69, 9.17) is 10.00 Å². The molecule has 6 heteroatoms. The average molecular weight is 302 g/mol. The van der Waals surface area contributed by atoms with Crippen LogP contribution < -0.4 is 5.32 Å². The number of carbonyl (C=O) groups excluding carboxylic acids is 1. The summed E-state index contributed by atoms with van der Waals surface area (Å²) in [7, 11) is 0. The van der Waals surface area contributed by atoms with Gasteiger partial charge in [-0.2, -0.15) is 5.26 Å². The monoisotopic (exact) mass is 302 g/mol. The topological polar surface area (TPSA) is 78.2 Å². The van der Waals surface area contributed by atoms with Crippen molar-refractivity contribution in [2.45, 2.75) is 45.3 Å². The number of carbonyl (C=O) groups is 1. The molecule has 0 aromatic carbocycles. The lowest BCUT2D eigenvalue weighted by Gasteiger charge is -2.28. The summed E-state index contributed by atoms with van der Waals surface area (Å²) >= 11 is 0. The van der Waals surface area contributed by atoms with E-state index in [1.807, 2.05) is 20.8 Å². The van der Waals surface area contributed by atoms with Crippen molar-refractivity contribution in [1.29, 1.82) is 5.26 Å². The number of likely N-dealkylation sites (tertiary alicyclic amines) is 1. The molecule has 2 heterocycles. The van der Waals surface area contributed by atoms with E-state index in [9.17, 15) is 4.79 Å². The van der Waals surface area contributed by atoms with Crippen LogP contribution >= 0.6 is 0 Å². The quantitative estimate of drug-likeness (QED) is 0.929. The van der Waals surface area contributed by atoms with E-state index in [1.54, 1.807) is 23.2 Å². The second-order valence-electron chi connectivity index (χ2n) is 6.36. The fourth-order valence-corrected chi connectivity index (χ4v) is 2.46. The van der Waals surface area contributed by atoms with Crippen LogP contribution in [0.25, 0.3) is 0 Å². The molecule has 0 spiro atoms. The number of hydrogen-bond donors (Lipinski definition) is 1. The lowest BCUT2D eigenvalue weighted by molar-refractivity contribution is 0.0235. The van der Waals surface area contributed by atoms with Crippen LogP contribution in [0.1, 0.15) is 39.2 Å². The summed E-state index contributed by atoms with van der Waals surface area (Å²) in [6.07, 6.45) is 3.24. The first-order valence-corrected chi connectivity index (χ1v) is 7.49. The fraction of sp³-hybridized carbons (Fsp3) is 0.562. The highest BCUT2D eigenvalue weighted by molar-refractivity contribution is 5.69. The number of hydrogen-bond acceptors (Lipinski definition) is 5. The van der Waals surface area contributed by atoms with Crippen molar-refractivity contribution < 1.29 is 9.53 Å². The lowest BCUT2D eigenvalue weighted by atomic mass is 10.2. The van der Waals surface area contributed by atoms with Gasteiger partial charge >= 0.3 is 6.09 Å². The van der Waals surface area contributed by atoms with Gasteiger partial charge in [0.1, 0.15) is 17.5 Å². The summed E-state index contributed by atoms with van der Waals surface area (Å²) < 4.78 is 5.44. The van der Waals surface area contributed by atoms with E-state index >= 15 is 0 Å². The van der Waals surface area contributed by atoms with E-state index in [0.29, 0.717) is 24.5 Å². The molecule has 1 aliphatic heterocycles. The molecule has 1 saturated heterocycles. The molecule has 1 unspecified atom stereocenters. The lowest BCUT2D eigenvalue weighted by Crippen LogP contribution is -2.42. The van der Waals surface area contributed by atoms with Crippen LogP contribution in [0.15, 0.2) is 18.3 Å². The Morgan fingerprint density at radius 3 is 3.05 bits per heavy atom. The third-order valence-electron chi connectivity index (χ3n) is 3.44. The minimum atomic E-state index is -0.493. The minimum Gasteiger partial charge on any atom is -0.444 e. The highest BCUT2D eigenvalue weighted by atomic mass is 16.6. The largest absolute Gasteiger partial charge is 0.444 e. The molecule has 1 atom stereocenters. The molecule has 6 nitrogen and oxygen atoms in total. The van der Waals surface area contributed by atoms with Crippen molar-refractivity contribution in [1.82, 2.24) is 9.88 Å². The molecule has 0 aliphatic carbocycles. The third kappa shape index (κ3) is 4.10. The molecule has 2 rings (SSSR count). The van der Waals surface area contributed by atoms with Crippen LogP contribution in [-0.2, 0) is 4.74 Å². The highest BCUT2D eigenvalue weighted by Crippen LogP contribution is 2.21. The summed E-state index contributed by atoms with van der Waals surface area (Å²) in [5.74, 6) is 0.557. The first-order valence-electron chi connectivity index (χ1n) is 7.49. The van der Waals surface area contributed by atoms with E-state index in [2.05, 4.69) is 16.4 Å². The number of ether oxygens (including phenoxy) is 1. The Kier molecular flexibility index (Phi) is 4.86. The van der Waals surface area contributed by atoms with Crippen LogP contribution in [-0.4, -0.2) is 40.7 Å². The van der Waals surface area contributed by atoms with Crippen LogP contribution in [0.4, 0.5) is 10.6 Å². The molecular formula is C16H22N4O2. The van der Waals surface area contributed by atoms with Gasteiger partial charge in [0.2, 0.25) is 0 Å². The van der Waals surface area contributed by atoms with E-state index in [0.717, 1.165) is 12.8 Å². The Hall–Kier alpha value is -2.29. The first kappa shape index (κ1) is 16.1. The normalized spacial score (nSPS) is 17.9. The molecular weight excluding hydrogens is 280 g/mol. The molecule has 22 heavy (non-hydrogen) atoms. The number of rotatable bonds is 3. The summed E-state index contributed by atoms with van der Waals surface area (Å²) in [5.41, 5.74) is 0.0106. The van der Waals surface area contributed by atoms with Crippen molar-refractivity contribution in [2.75, 3.05) is 18.4 Å². The van der Waals surface area contributed by atoms with Crippen molar-refractivity contribution in [3.05, 3.63) is 23.9 Å². The molecule has 1 amide bonds. The predicted molar refractivity (Wildman–Crippen MR) is 83.4 cm³/mol. The van der Waals surface area contributed by atoms with Gasteiger partial charge in [-0.05, 0) is 45.7 Å². The number of pyridine rings is 1. The molecule has 0 bridgehead atoms. The van der Waals surface area contributed by atoms with Crippen molar-refractivity contribution >= 4 is 11.9 Å². The molecule has 0 saturated carbocycles. The summed E-state index contributed by atoms with van der Waals surface area (Å²) in [6.45, 7) is 6.85. The van der Waals surface area contributed by atoms with Crippen molar-refractivity contribution in [3.63, 3.8) is 0 Å².